The summed E-state index contributed by atoms with van der Waals surface area (Å²) in [6.07, 6.45) is -0.506. The molecule has 1 amide bonds. The number of hydrogen-bond acceptors (Lipinski definition) is 4. The minimum absolute atomic E-state index is 0.150. The van der Waals surface area contributed by atoms with Crippen LogP contribution >= 0.6 is 0 Å². The first-order chi connectivity index (χ1) is 5.18. The number of nitrogens with one attached hydrogen (secondary N) is 2. The van der Waals surface area contributed by atoms with Crippen molar-refractivity contribution in [2.75, 3.05) is 13.1 Å². The lowest BCUT2D eigenvalue weighted by Gasteiger charge is -2.23. The molecule has 5 heteroatoms. The molecule has 0 aromatic rings. The predicted molar refractivity (Wildman–Crippen MR) is 36.6 cm³/mol. The third kappa shape index (κ3) is 2.55. The highest BCUT2D eigenvalue weighted by Crippen LogP contribution is 1.90. The lowest BCUT2D eigenvalue weighted by atomic mass is 10.4. The highest BCUT2D eigenvalue weighted by atomic mass is 16.6. The summed E-state index contributed by atoms with van der Waals surface area (Å²) in [5, 5.41) is 5.30. The van der Waals surface area contributed by atoms with Crippen LogP contribution in [0.3, 0.4) is 0 Å². The number of esters is 1. The van der Waals surface area contributed by atoms with Crippen LogP contribution in [0.5, 0.6) is 0 Å². The summed E-state index contributed by atoms with van der Waals surface area (Å²) < 4.78 is 4.73. The molecule has 11 heavy (non-hydrogen) atoms. The molecule has 1 unspecified atom stereocenters. The van der Waals surface area contributed by atoms with E-state index in [4.69, 9.17) is 4.74 Å². The Morgan fingerprint density at radius 3 is 3.00 bits per heavy atom. The Hall–Kier alpha value is -1.10. The van der Waals surface area contributed by atoms with Crippen molar-refractivity contribution < 1.29 is 14.3 Å². The number of carbonyl (C=O) groups is 2. The lowest BCUT2D eigenvalue weighted by Crippen LogP contribution is -2.53. The maximum Gasteiger partial charge on any atom is 0.304 e. The van der Waals surface area contributed by atoms with Gasteiger partial charge in [0.15, 0.2) is 6.23 Å². The van der Waals surface area contributed by atoms with Crippen LogP contribution in [-0.4, -0.2) is 31.2 Å². The fourth-order valence-electron chi connectivity index (χ4n) is 0.870. The van der Waals surface area contributed by atoms with Crippen LogP contribution < -0.4 is 10.6 Å². The maximum absolute atomic E-state index is 10.7. The predicted octanol–water partition coefficient (Wildman–Crippen LogP) is -1.40. The number of carbonyl (C=O) groups excluding carboxylic acids is 2. The Labute approximate surface area is 64.1 Å². The molecule has 1 rings (SSSR count). The van der Waals surface area contributed by atoms with Crippen LogP contribution in [0.4, 0.5) is 0 Å². The van der Waals surface area contributed by atoms with Crippen molar-refractivity contribution in [1.82, 2.24) is 10.6 Å². The van der Waals surface area contributed by atoms with Crippen molar-refractivity contribution in [1.29, 1.82) is 0 Å². The fourth-order valence-corrected chi connectivity index (χ4v) is 0.870. The highest BCUT2D eigenvalue weighted by Gasteiger charge is 2.18. The van der Waals surface area contributed by atoms with Crippen LogP contribution in [0, 0.1) is 0 Å². The van der Waals surface area contributed by atoms with E-state index >= 15 is 0 Å². The van der Waals surface area contributed by atoms with Gasteiger partial charge in [-0.15, -0.1) is 0 Å². The molecule has 1 saturated heterocycles. The first-order valence-electron chi connectivity index (χ1n) is 3.36. The summed E-state index contributed by atoms with van der Waals surface area (Å²) in [4.78, 5) is 21.1. The van der Waals surface area contributed by atoms with Gasteiger partial charge in [0.25, 0.3) is 0 Å². The van der Waals surface area contributed by atoms with E-state index in [-0.39, 0.29) is 18.4 Å². The van der Waals surface area contributed by atoms with E-state index < -0.39 is 6.23 Å². The van der Waals surface area contributed by atoms with Crippen LogP contribution in [0.2, 0.25) is 0 Å². The molecule has 2 N–H and O–H groups in total. The molecular weight excluding hydrogens is 148 g/mol. The molecule has 1 heterocycles. The van der Waals surface area contributed by atoms with Gasteiger partial charge in [-0.2, -0.15) is 0 Å². The zero-order valence-corrected chi connectivity index (χ0v) is 6.22. The molecule has 0 aromatic carbocycles. The van der Waals surface area contributed by atoms with Crippen molar-refractivity contribution in [3.05, 3.63) is 0 Å². The second-order valence-corrected chi connectivity index (χ2v) is 2.30. The monoisotopic (exact) mass is 158 g/mol. The van der Waals surface area contributed by atoms with Crippen molar-refractivity contribution in [2.24, 2.45) is 0 Å². The summed E-state index contributed by atoms with van der Waals surface area (Å²) in [6, 6.07) is 0. The minimum atomic E-state index is -0.506. The molecule has 0 bridgehead atoms. The van der Waals surface area contributed by atoms with Gasteiger partial charge < -0.3 is 15.4 Å². The highest BCUT2D eigenvalue weighted by molar-refractivity contribution is 5.79. The average Bonchev–Trinajstić information content (AvgIpc) is 1.85. The first-order valence-corrected chi connectivity index (χ1v) is 3.36. The third-order valence-electron chi connectivity index (χ3n) is 1.25. The van der Waals surface area contributed by atoms with Gasteiger partial charge in [0.2, 0.25) is 5.91 Å². The van der Waals surface area contributed by atoms with E-state index in [1.807, 2.05) is 0 Å². The van der Waals surface area contributed by atoms with Crippen LogP contribution in [0.15, 0.2) is 0 Å². The standard InChI is InChI=1S/C6H10N2O3/c1-4(9)11-6-3-7-2-5(10)8-6/h6-7H,2-3H2,1H3,(H,8,10). The van der Waals surface area contributed by atoms with E-state index in [1.54, 1.807) is 0 Å². The molecule has 1 aliphatic heterocycles. The molecule has 1 fully saturated rings. The van der Waals surface area contributed by atoms with Gasteiger partial charge in [0.1, 0.15) is 0 Å². The summed E-state index contributed by atoms with van der Waals surface area (Å²) in [6.45, 7) is 2.07. The van der Waals surface area contributed by atoms with Crippen molar-refractivity contribution in [3.63, 3.8) is 0 Å². The molecule has 1 aliphatic rings. The topological polar surface area (TPSA) is 67.4 Å². The van der Waals surface area contributed by atoms with Gasteiger partial charge in [-0.05, 0) is 0 Å². The van der Waals surface area contributed by atoms with Gasteiger partial charge in [-0.3, -0.25) is 9.59 Å². The van der Waals surface area contributed by atoms with E-state index in [0.717, 1.165) is 0 Å². The Bertz CT molecular complexity index is 179. The lowest BCUT2D eigenvalue weighted by molar-refractivity contribution is -0.150. The second kappa shape index (κ2) is 3.34. The summed E-state index contributed by atoms with van der Waals surface area (Å²) in [5.74, 6) is -0.540. The number of hydrogen-bond donors (Lipinski definition) is 2. The van der Waals surface area contributed by atoms with Gasteiger partial charge in [0, 0.05) is 6.92 Å². The Morgan fingerprint density at radius 1 is 1.73 bits per heavy atom. The van der Waals surface area contributed by atoms with Crippen LogP contribution in [-0.2, 0) is 14.3 Å². The second-order valence-electron chi connectivity index (χ2n) is 2.30. The molecule has 1 atom stereocenters. The largest absolute Gasteiger partial charge is 0.440 e. The number of rotatable bonds is 1. The van der Waals surface area contributed by atoms with Crippen molar-refractivity contribution in [3.8, 4) is 0 Å². The number of ether oxygens (including phenoxy) is 1. The number of amides is 1. The SMILES string of the molecule is CC(=O)OC1CNCC(=O)N1. The zero-order chi connectivity index (χ0) is 8.27. The first kappa shape index (κ1) is 8.00. The normalized spacial score (nSPS) is 24.1. The van der Waals surface area contributed by atoms with Gasteiger partial charge in [-0.1, -0.05) is 0 Å². The molecule has 5 nitrogen and oxygen atoms in total. The molecule has 0 saturated carbocycles. The molecule has 0 radical (unpaired) electrons. The minimum Gasteiger partial charge on any atom is -0.440 e. The Kier molecular flexibility index (Phi) is 2.43. The van der Waals surface area contributed by atoms with Gasteiger partial charge >= 0.3 is 5.97 Å². The quantitative estimate of drug-likeness (QED) is 0.460. The number of piperazine rings is 1. The van der Waals surface area contributed by atoms with E-state index in [9.17, 15) is 9.59 Å². The van der Waals surface area contributed by atoms with Crippen molar-refractivity contribution in [2.45, 2.75) is 13.2 Å². The van der Waals surface area contributed by atoms with Gasteiger partial charge in [-0.25, -0.2) is 0 Å². The Balaban J connectivity index is 2.34. The van der Waals surface area contributed by atoms with E-state index in [2.05, 4.69) is 10.6 Å². The van der Waals surface area contributed by atoms with E-state index in [1.165, 1.54) is 6.92 Å². The Morgan fingerprint density at radius 2 is 2.45 bits per heavy atom. The summed E-state index contributed by atoms with van der Waals surface area (Å²) in [7, 11) is 0. The molecule has 0 aliphatic carbocycles. The van der Waals surface area contributed by atoms with Gasteiger partial charge in [0.05, 0.1) is 13.1 Å². The van der Waals surface area contributed by atoms with Crippen LogP contribution in [0.25, 0.3) is 0 Å². The molecule has 0 spiro atoms. The average molecular weight is 158 g/mol. The van der Waals surface area contributed by atoms with Crippen LogP contribution in [0.1, 0.15) is 6.92 Å². The smallest absolute Gasteiger partial charge is 0.304 e. The summed E-state index contributed by atoms with van der Waals surface area (Å²) >= 11 is 0. The molecule has 0 aromatic heterocycles. The zero-order valence-electron chi connectivity index (χ0n) is 6.22. The van der Waals surface area contributed by atoms with Crippen molar-refractivity contribution >= 4 is 11.9 Å². The third-order valence-corrected chi connectivity index (χ3v) is 1.25. The maximum atomic E-state index is 10.7. The molecular formula is C6H10N2O3. The molecule has 62 valence electrons. The summed E-state index contributed by atoms with van der Waals surface area (Å²) in [5.41, 5.74) is 0. The van der Waals surface area contributed by atoms with E-state index in [0.29, 0.717) is 6.54 Å². The fraction of sp³-hybridized carbons (Fsp3) is 0.667.